The van der Waals surface area contributed by atoms with Crippen molar-refractivity contribution in [3.05, 3.63) is 53.7 Å². The Morgan fingerprint density at radius 2 is 2.25 bits per heavy atom. The number of nitrogen functional groups attached to an aromatic ring is 1. The lowest BCUT2D eigenvalue weighted by atomic mass is 10.2. The Bertz CT molecular complexity index is 553. The average Bonchev–Trinajstić information content (AvgIpc) is 2.94. The van der Waals surface area contributed by atoms with Crippen LogP contribution in [0.3, 0.4) is 0 Å². The summed E-state index contributed by atoms with van der Waals surface area (Å²) in [4.78, 5) is 17.7. The molecule has 0 fully saturated rings. The van der Waals surface area contributed by atoms with Crippen LogP contribution in [0.2, 0.25) is 0 Å². The van der Waals surface area contributed by atoms with Gasteiger partial charge in [-0.05, 0) is 31.3 Å². The van der Waals surface area contributed by atoms with E-state index in [2.05, 4.69) is 9.88 Å². The lowest BCUT2D eigenvalue weighted by molar-refractivity contribution is 0.0922. The lowest BCUT2D eigenvalue weighted by Crippen LogP contribution is -2.29. The average molecular weight is 274 g/mol. The van der Waals surface area contributed by atoms with Gasteiger partial charge in [0.05, 0.1) is 6.54 Å². The molecule has 0 saturated carbocycles. The van der Waals surface area contributed by atoms with Gasteiger partial charge >= 0.3 is 5.91 Å². The fourth-order valence-corrected chi connectivity index (χ4v) is 1.85. The van der Waals surface area contributed by atoms with E-state index in [-0.39, 0.29) is 5.76 Å². The molecule has 0 atom stereocenters. The highest BCUT2D eigenvalue weighted by Gasteiger charge is 2.10. The normalized spacial score (nSPS) is 10.8. The van der Waals surface area contributed by atoms with Crippen LogP contribution in [0.15, 0.2) is 40.9 Å². The maximum Gasteiger partial charge on any atom is 0.300 e. The summed E-state index contributed by atoms with van der Waals surface area (Å²) < 4.78 is 5.41. The number of nitrogens with one attached hydrogen (secondary N) is 1. The highest BCUT2D eigenvalue weighted by Crippen LogP contribution is 2.10. The third-order valence-electron chi connectivity index (χ3n) is 2.92. The van der Waals surface area contributed by atoms with Gasteiger partial charge in [-0.3, -0.25) is 20.1 Å². The van der Waals surface area contributed by atoms with Gasteiger partial charge in [0.15, 0.2) is 5.76 Å². The van der Waals surface area contributed by atoms with E-state index in [1.807, 2.05) is 30.7 Å². The van der Waals surface area contributed by atoms with Crippen molar-refractivity contribution >= 4 is 5.91 Å². The molecule has 20 heavy (non-hydrogen) atoms. The number of aromatic nitrogens is 1. The van der Waals surface area contributed by atoms with Crippen molar-refractivity contribution in [1.82, 2.24) is 15.3 Å². The largest absolute Gasteiger partial charge is 0.455 e. The number of nitrogens with two attached hydrogens (primary N) is 1. The van der Waals surface area contributed by atoms with Crippen LogP contribution in [-0.4, -0.2) is 29.4 Å². The van der Waals surface area contributed by atoms with Crippen molar-refractivity contribution in [1.29, 1.82) is 0 Å². The summed E-state index contributed by atoms with van der Waals surface area (Å²) in [5, 5.41) is 0. The predicted molar refractivity (Wildman–Crippen MR) is 74.6 cm³/mol. The fraction of sp³-hybridized carbons (Fsp3) is 0.286. The smallest absolute Gasteiger partial charge is 0.300 e. The number of furan rings is 1. The van der Waals surface area contributed by atoms with E-state index in [0.29, 0.717) is 6.54 Å². The zero-order valence-corrected chi connectivity index (χ0v) is 11.4. The minimum Gasteiger partial charge on any atom is -0.455 e. The van der Waals surface area contributed by atoms with Crippen molar-refractivity contribution < 1.29 is 9.21 Å². The van der Waals surface area contributed by atoms with Gasteiger partial charge in [-0.2, -0.15) is 0 Å². The van der Waals surface area contributed by atoms with Crippen LogP contribution in [0.4, 0.5) is 0 Å². The van der Waals surface area contributed by atoms with Crippen molar-refractivity contribution in [2.75, 3.05) is 13.6 Å². The molecule has 2 heterocycles. The van der Waals surface area contributed by atoms with Crippen molar-refractivity contribution in [2.24, 2.45) is 5.84 Å². The first-order valence-corrected chi connectivity index (χ1v) is 6.37. The molecule has 0 spiro atoms. The number of carbonyl (C=O) groups excluding carboxylic acids is 1. The molecule has 6 heteroatoms. The first-order valence-electron chi connectivity index (χ1n) is 6.37. The lowest BCUT2D eigenvalue weighted by Gasteiger charge is -2.14. The Morgan fingerprint density at radius 1 is 1.40 bits per heavy atom. The molecule has 0 bridgehead atoms. The molecule has 106 valence electrons. The number of amides is 1. The van der Waals surface area contributed by atoms with Gasteiger partial charge in [0, 0.05) is 24.9 Å². The Balaban J connectivity index is 1.83. The fourth-order valence-electron chi connectivity index (χ4n) is 1.85. The van der Waals surface area contributed by atoms with Crippen LogP contribution < -0.4 is 11.3 Å². The van der Waals surface area contributed by atoms with Gasteiger partial charge in [0.2, 0.25) is 0 Å². The molecule has 1 amide bonds. The second-order valence-corrected chi connectivity index (χ2v) is 4.55. The molecular formula is C14H18N4O2. The third kappa shape index (κ3) is 3.91. The van der Waals surface area contributed by atoms with E-state index in [4.69, 9.17) is 10.3 Å². The monoisotopic (exact) mass is 274 g/mol. The Labute approximate surface area is 117 Å². The van der Waals surface area contributed by atoms with Crippen LogP contribution in [0.1, 0.15) is 22.0 Å². The standard InChI is InChI=1S/C14H18N4O2/c1-18(9-7-11-4-2-3-8-16-11)10-12-5-6-13(20-12)14(19)17-15/h2-6,8H,7,9-10,15H2,1H3,(H,17,19). The summed E-state index contributed by atoms with van der Waals surface area (Å²) >= 11 is 0. The quantitative estimate of drug-likeness (QED) is 0.465. The van der Waals surface area contributed by atoms with Gasteiger partial charge < -0.3 is 4.42 Å². The molecule has 2 aromatic heterocycles. The molecule has 0 unspecified atom stereocenters. The second-order valence-electron chi connectivity index (χ2n) is 4.55. The van der Waals surface area contributed by atoms with Crippen LogP contribution in [0.25, 0.3) is 0 Å². The molecule has 0 aliphatic rings. The predicted octanol–water partition coefficient (Wildman–Crippen LogP) is 0.953. The number of hydrazine groups is 1. The van der Waals surface area contributed by atoms with E-state index < -0.39 is 5.91 Å². The van der Waals surface area contributed by atoms with Gasteiger partial charge in [-0.25, -0.2) is 5.84 Å². The maximum atomic E-state index is 11.3. The Morgan fingerprint density at radius 3 is 2.95 bits per heavy atom. The first-order chi connectivity index (χ1) is 9.69. The molecule has 0 radical (unpaired) electrons. The van der Waals surface area contributed by atoms with E-state index >= 15 is 0 Å². The molecule has 0 aliphatic heterocycles. The molecular weight excluding hydrogens is 256 g/mol. The number of pyridine rings is 1. The molecule has 0 aliphatic carbocycles. The molecule has 0 aromatic carbocycles. The summed E-state index contributed by atoms with van der Waals surface area (Å²) in [6.07, 6.45) is 2.66. The van der Waals surface area contributed by atoms with Crippen molar-refractivity contribution in [3.63, 3.8) is 0 Å². The highest BCUT2D eigenvalue weighted by atomic mass is 16.4. The number of hydrogen-bond donors (Lipinski definition) is 2. The first kappa shape index (κ1) is 14.2. The third-order valence-corrected chi connectivity index (χ3v) is 2.92. The van der Waals surface area contributed by atoms with E-state index in [1.165, 1.54) is 0 Å². The van der Waals surface area contributed by atoms with Crippen LogP contribution >= 0.6 is 0 Å². The van der Waals surface area contributed by atoms with Crippen molar-refractivity contribution in [2.45, 2.75) is 13.0 Å². The summed E-state index contributed by atoms with van der Waals surface area (Å²) in [5.41, 5.74) is 3.10. The molecule has 2 aromatic rings. The zero-order chi connectivity index (χ0) is 14.4. The van der Waals surface area contributed by atoms with Gasteiger partial charge in [-0.15, -0.1) is 0 Å². The van der Waals surface area contributed by atoms with Gasteiger partial charge in [0.25, 0.3) is 0 Å². The zero-order valence-electron chi connectivity index (χ0n) is 11.4. The SMILES string of the molecule is CN(CCc1ccccn1)Cc1ccc(C(=O)NN)o1. The number of likely N-dealkylation sites (N-methyl/N-ethyl adjacent to an activating group) is 1. The summed E-state index contributed by atoms with van der Waals surface area (Å²) in [7, 11) is 1.99. The minimum absolute atomic E-state index is 0.223. The van der Waals surface area contributed by atoms with E-state index in [0.717, 1.165) is 24.4 Å². The maximum absolute atomic E-state index is 11.3. The number of nitrogens with zero attached hydrogens (tertiary/aromatic N) is 2. The van der Waals surface area contributed by atoms with Crippen LogP contribution in [0.5, 0.6) is 0 Å². The number of hydrogen-bond acceptors (Lipinski definition) is 5. The molecule has 6 nitrogen and oxygen atoms in total. The summed E-state index contributed by atoms with van der Waals surface area (Å²) in [6, 6.07) is 9.28. The Hall–Kier alpha value is -2.18. The van der Waals surface area contributed by atoms with Crippen LogP contribution in [0, 0.1) is 0 Å². The Kier molecular flexibility index (Phi) is 4.86. The van der Waals surface area contributed by atoms with Gasteiger partial charge in [-0.1, -0.05) is 6.07 Å². The number of rotatable bonds is 6. The van der Waals surface area contributed by atoms with E-state index in [9.17, 15) is 4.79 Å². The minimum atomic E-state index is -0.424. The second kappa shape index (κ2) is 6.83. The van der Waals surface area contributed by atoms with Gasteiger partial charge in [0.1, 0.15) is 5.76 Å². The van der Waals surface area contributed by atoms with E-state index in [1.54, 1.807) is 18.3 Å². The molecule has 0 saturated heterocycles. The summed E-state index contributed by atoms with van der Waals surface area (Å²) in [6.45, 7) is 1.49. The highest BCUT2D eigenvalue weighted by molar-refractivity contribution is 5.90. The van der Waals surface area contributed by atoms with Crippen LogP contribution in [-0.2, 0) is 13.0 Å². The topological polar surface area (TPSA) is 84.4 Å². The molecule has 2 rings (SSSR count). The molecule has 3 N–H and O–H groups in total. The number of carbonyl (C=O) groups is 1. The van der Waals surface area contributed by atoms with Crippen molar-refractivity contribution in [3.8, 4) is 0 Å². The summed E-state index contributed by atoms with van der Waals surface area (Å²) in [5.74, 6) is 5.58.